The normalized spacial score (nSPS) is 23.7. The molecule has 0 bridgehead atoms. The van der Waals surface area contributed by atoms with Gasteiger partial charge in [0.1, 0.15) is 0 Å². The van der Waals surface area contributed by atoms with Crippen LogP contribution >= 0.6 is 0 Å². The number of aliphatic hydroxyl groups is 1. The summed E-state index contributed by atoms with van der Waals surface area (Å²) in [5, 5.41) is 14.0. The van der Waals surface area contributed by atoms with Crippen LogP contribution in [0.25, 0.3) is 0 Å². The second-order valence-electron chi connectivity index (χ2n) is 7.30. The number of aliphatic imine (C=N–C) groups is 1. The van der Waals surface area contributed by atoms with Gasteiger partial charge in [0.15, 0.2) is 5.96 Å². The van der Waals surface area contributed by atoms with Gasteiger partial charge in [-0.25, -0.2) is 0 Å². The van der Waals surface area contributed by atoms with Crippen molar-refractivity contribution < 1.29 is 9.84 Å². The van der Waals surface area contributed by atoms with Gasteiger partial charge in [-0.1, -0.05) is 30.3 Å². The van der Waals surface area contributed by atoms with Crippen LogP contribution in [0.3, 0.4) is 0 Å². The quantitative estimate of drug-likeness (QED) is 0.634. The minimum atomic E-state index is -0.706. The molecule has 2 fully saturated rings. The fraction of sp³-hybridized carbons (Fsp3) is 0.650. The fourth-order valence-electron chi connectivity index (χ4n) is 3.70. The monoisotopic (exact) mass is 345 g/mol. The van der Waals surface area contributed by atoms with Crippen molar-refractivity contribution in [2.75, 3.05) is 39.4 Å². The topological polar surface area (TPSA) is 57.1 Å². The van der Waals surface area contributed by atoms with E-state index < -0.39 is 5.60 Å². The molecule has 0 spiro atoms. The Morgan fingerprint density at radius 3 is 2.80 bits per heavy atom. The molecule has 0 aromatic heterocycles. The first-order chi connectivity index (χ1) is 12.2. The lowest BCUT2D eigenvalue weighted by molar-refractivity contribution is -0.0566. The number of hydrogen-bond acceptors (Lipinski definition) is 3. The van der Waals surface area contributed by atoms with E-state index in [0.29, 0.717) is 38.5 Å². The van der Waals surface area contributed by atoms with E-state index >= 15 is 0 Å². The Kier molecular flexibility index (Phi) is 6.32. The molecule has 0 saturated carbocycles. The first-order valence-corrected chi connectivity index (χ1v) is 9.56. The van der Waals surface area contributed by atoms with E-state index in [9.17, 15) is 5.11 Å². The van der Waals surface area contributed by atoms with Crippen molar-refractivity contribution in [3.63, 3.8) is 0 Å². The van der Waals surface area contributed by atoms with Crippen LogP contribution in [0.2, 0.25) is 0 Å². The van der Waals surface area contributed by atoms with E-state index in [1.54, 1.807) is 0 Å². The van der Waals surface area contributed by atoms with Crippen molar-refractivity contribution in [1.82, 2.24) is 10.2 Å². The Morgan fingerprint density at radius 2 is 2.08 bits per heavy atom. The summed E-state index contributed by atoms with van der Waals surface area (Å²) in [7, 11) is 0. The van der Waals surface area contributed by atoms with E-state index in [4.69, 9.17) is 9.73 Å². The summed E-state index contributed by atoms with van der Waals surface area (Å²) in [5.74, 6) is 1.61. The highest BCUT2D eigenvalue weighted by Crippen LogP contribution is 2.23. The van der Waals surface area contributed by atoms with Crippen molar-refractivity contribution in [2.24, 2.45) is 10.9 Å². The zero-order chi connectivity index (χ0) is 17.5. The number of hydrogen-bond donors (Lipinski definition) is 2. The number of rotatable bonds is 5. The van der Waals surface area contributed by atoms with Crippen LogP contribution in [-0.2, 0) is 11.2 Å². The maximum absolute atomic E-state index is 10.6. The second-order valence-corrected chi connectivity index (χ2v) is 7.30. The van der Waals surface area contributed by atoms with Gasteiger partial charge in [-0.15, -0.1) is 0 Å². The largest absolute Gasteiger partial charge is 0.388 e. The van der Waals surface area contributed by atoms with Gasteiger partial charge in [0, 0.05) is 45.7 Å². The molecule has 1 atom stereocenters. The highest BCUT2D eigenvalue weighted by molar-refractivity contribution is 5.80. The molecule has 2 N–H and O–H groups in total. The van der Waals surface area contributed by atoms with E-state index in [1.165, 1.54) is 12.0 Å². The summed E-state index contributed by atoms with van der Waals surface area (Å²) in [4.78, 5) is 7.11. The zero-order valence-corrected chi connectivity index (χ0v) is 15.3. The molecule has 2 aliphatic heterocycles. The lowest BCUT2D eigenvalue weighted by atomic mass is 9.95. The zero-order valence-electron chi connectivity index (χ0n) is 15.3. The van der Waals surface area contributed by atoms with Gasteiger partial charge in [-0.3, -0.25) is 4.99 Å². The predicted octanol–water partition coefficient (Wildman–Crippen LogP) is 2.06. The molecule has 2 aliphatic rings. The van der Waals surface area contributed by atoms with Crippen molar-refractivity contribution in [3.8, 4) is 0 Å². The maximum Gasteiger partial charge on any atom is 0.194 e. The van der Waals surface area contributed by atoms with Crippen molar-refractivity contribution in [2.45, 2.75) is 38.2 Å². The molecule has 0 radical (unpaired) electrons. The third-order valence-electron chi connectivity index (χ3n) is 5.23. The number of benzene rings is 1. The lowest BCUT2D eigenvalue weighted by Crippen LogP contribution is -2.43. The van der Waals surface area contributed by atoms with Gasteiger partial charge in [-0.2, -0.15) is 0 Å². The summed E-state index contributed by atoms with van der Waals surface area (Å²) in [6, 6.07) is 10.7. The number of nitrogens with zero attached hydrogens (tertiary/aromatic N) is 2. The van der Waals surface area contributed by atoms with Crippen LogP contribution in [0.4, 0.5) is 0 Å². The van der Waals surface area contributed by atoms with Gasteiger partial charge in [0.2, 0.25) is 0 Å². The third-order valence-corrected chi connectivity index (χ3v) is 5.23. The second kappa shape index (κ2) is 8.68. The lowest BCUT2D eigenvalue weighted by Gasteiger charge is -2.31. The molecule has 0 aliphatic carbocycles. The summed E-state index contributed by atoms with van der Waals surface area (Å²) in [6.45, 7) is 6.72. The van der Waals surface area contributed by atoms with Crippen LogP contribution in [0.15, 0.2) is 35.3 Å². The SMILES string of the molecule is CCNC(=NCC1(O)CCOCC1)N1CCC(Cc2ccccc2)C1. The summed E-state index contributed by atoms with van der Waals surface area (Å²) in [6.07, 6.45) is 3.66. The first kappa shape index (κ1) is 18.2. The summed E-state index contributed by atoms with van der Waals surface area (Å²) >= 11 is 0. The van der Waals surface area contributed by atoms with Crippen LogP contribution < -0.4 is 5.32 Å². The molecule has 138 valence electrons. The Balaban J connectivity index is 1.58. The van der Waals surface area contributed by atoms with E-state index in [0.717, 1.165) is 32.0 Å². The standard InChI is InChI=1S/C20H31N3O2/c1-2-21-19(22-16-20(24)9-12-25-13-10-20)23-11-8-18(15-23)14-17-6-4-3-5-7-17/h3-7,18,24H,2,8-16H2,1H3,(H,21,22). The maximum atomic E-state index is 10.6. The van der Waals surface area contributed by atoms with Gasteiger partial charge >= 0.3 is 0 Å². The van der Waals surface area contributed by atoms with Crippen LogP contribution in [0, 0.1) is 5.92 Å². The van der Waals surface area contributed by atoms with E-state index in [2.05, 4.69) is 47.5 Å². The number of nitrogens with one attached hydrogen (secondary N) is 1. The van der Waals surface area contributed by atoms with E-state index in [1.807, 2.05) is 0 Å². The van der Waals surface area contributed by atoms with Crippen LogP contribution in [0.1, 0.15) is 31.7 Å². The molecule has 25 heavy (non-hydrogen) atoms. The van der Waals surface area contributed by atoms with Gasteiger partial charge in [0.25, 0.3) is 0 Å². The van der Waals surface area contributed by atoms with Crippen molar-refractivity contribution in [1.29, 1.82) is 0 Å². The molecule has 1 aromatic rings. The first-order valence-electron chi connectivity index (χ1n) is 9.56. The molecule has 3 rings (SSSR count). The Labute approximate surface area is 151 Å². The van der Waals surface area contributed by atoms with E-state index in [-0.39, 0.29) is 0 Å². The Bertz CT molecular complexity index is 555. The molecule has 2 saturated heterocycles. The highest BCUT2D eigenvalue weighted by atomic mass is 16.5. The minimum absolute atomic E-state index is 0.457. The summed E-state index contributed by atoms with van der Waals surface area (Å²) in [5.41, 5.74) is 0.704. The van der Waals surface area contributed by atoms with Gasteiger partial charge < -0.3 is 20.1 Å². The van der Waals surface area contributed by atoms with Crippen LogP contribution in [-0.4, -0.2) is 61.0 Å². The fourth-order valence-corrected chi connectivity index (χ4v) is 3.70. The highest BCUT2D eigenvalue weighted by Gasteiger charge is 2.31. The predicted molar refractivity (Wildman–Crippen MR) is 101 cm³/mol. The van der Waals surface area contributed by atoms with Crippen molar-refractivity contribution in [3.05, 3.63) is 35.9 Å². The molecule has 5 heteroatoms. The molecule has 0 amide bonds. The third kappa shape index (κ3) is 5.19. The van der Waals surface area contributed by atoms with Crippen LogP contribution in [0.5, 0.6) is 0 Å². The Hall–Kier alpha value is -1.59. The molecule has 5 nitrogen and oxygen atoms in total. The smallest absolute Gasteiger partial charge is 0.194 e. The molecular weight excluding hydrogens is 314 g/mol. The average molecular weight is 345 g/mol. The van der Waals surface area contributed by atoms with Gasteiger partial charge in [0.05, 0.1) is 12.1 Å². The summed E-state index contributed by atoms with van der Waals surface area (Å²) < 4.78 is 5.36. The average Bonchev–Trinajstić information content (AvgIpc) is 3.08. The minimum Gasteiger partial charge on any atom is -0.388 e. The molecule has 2 heterocycles. The number of guanidine groups is 1. The van der Waals surface area contributed by atoms with Crippen molar-refractivity contribution >= 4 is 5.96 Å². The molecule has 1 aromatic carbocycles. The molecular formula is C20H31N3O2. The number of likely N-dealkylation sites (tertiary alicyclic amines) is 1. The molecule has 1 unspecified atom stereocenters. The van der Waals surface area contributed by atoms with Gasteiger partial charge in [-0.05, 0) is 31.2 Å². The Morgan fingerprint density at radius 1 is 1.32 bits per heavy atom. The number of ether oxygens (including phenoxy) is 1.